The summed E-state index contributed by atoms with van der Waals surface area (Å²) in [4.78, 5) is 18.1. The lowest BCUT2D eigenvalue weighted by atomic mass is 9.73. The van der Waals surface area contributed by atoms with Gasteiger partial charge in [0.25, 0.3) is 5.91 Å². The molecular weight excluding hydrogens is 344 g/mol. The molecule has 0 bridgehead atoms. The molecule has 0 saturated carbocycles. The number of benzene rings is 1. The standard InChI is InChI=1S/C21H28N2O2S/c1-13-6-8-16(10-14(13)2)25-12-19(24)23-20-22-17-9-7-15(21(3,4)5)11-18(17)26-20/h6,8,10,15H,7,9,11-12H2,1-5H3,(H,22,23,24). The first-order chi connectivity index (χ1) is 12.2. The SMILES string of the molecule is Cc1ccc(OCC(=O)Nc2nc3c(s2)CC(C(C)(C)C)CC3)cc1C. The van der Waals surface area contributed by atoms with Gasteiger partial charge in [-0.25, -0.2) is 4.98 Å². The Morgan fingerprint density at radius 3 is 2.77 bits per heavy atom. The highest BCUT2D eigenvalue weighted by atomic mass is 32.1. The zero-order valence-corrected chi connectivity index (χ0v) is 17.1. The number of ether oxygens (including phenoxy) is 1. The summed E-state index contributed by atoms with van der Waals surface area (Å²) >= 11 is 1.61. The fourth-order valence-corrected chi connectivity index (χ4v) is 4.38. The van der Waals surface area contributed by atoms with Gasteiger partial charge in [-0.15, -0.1) is 11.3 Å². The van der Waals surface area contributed by atoms with Gasteiger partial charge in [-0.2, -0.15) is 0 Å². The van der Waals surface area contributed by atoms with E-state index in [9.17, 15) is 4.79 Å². The second kappa shape index (κ2) is 7.39. The minimum Gasteiger partial charge on any atom is -0.484 e. The number of hydrogen-bond donors (Lipinski definition) is 1. The van der Waals surface area contributed by atoms with Crippen LogP contribution in [0.1, 0.15) is 48.9 Å². The molecular formula is C21H28N2O2S. The summed E-state index contributed by atoms with van der Waals surface area (Å²) in [7, 11) is 0. The van der Waals surface area contributed by atoms with Crippen molar-refractivity contribution in [2.45, 2.75) is 53.9 Å². The highest BCUT2D eigenvalue weighted by Gasteiger charge is 2.30. The zero-order valence-electron chi connectivity index (χ0n) is 16.3. The Balaban J connectivity index is 1.57. The summed E-state index contributed by atoms with van der Waals surface area (Å²) in [6.45, 7) is 11.0. The fourth-order valence-electron chi connectivity index (χ4n) is 3.28. The van der Waals surface area contributed by atoms with E-state index in [1.54, 1.807) is 11.3 Å². The number of carbonyl (C=O) groups excluding carboxylic acids is 1. The van der Waals surface area contributed by atoms with Crippen molar-refractivity contribution in [3.63, 3.8) is 0 Å². The number of amides is 1. The number of nitrogens with one attached hydrogen (secondary N) is 1. The monoisotopic (exact) mass is 372 g/mol. The van der Waals surface area contributed by atoms with E-state index in [0.717, 1.165) is 29.8 Å². The number of fused-ring (bicyclic) bond motifs is 1. The van der Waals surface area contributed by atoms with E-state index in [1.165, 1.54) is 16.9 Å². The fraction of sp³-hybridized carbons (Fsp3) is 0.524. The van der Waals surface area contributed by atoms with Crippen molar-refractivity contribution in [1.82, 2.24) is 4.98 Å². The summed E-state index contributed by atoms with van der Waals surface area (Å²) in [5, 5.41) is 3.59. The van der Waals surface area contributed by atoms with Gasteiger partial charge in [-0.05, 0) is 67.7 Å². The Bertz CT molecular complexity index is 805. The highest BCUT2D eigenvalue weighted by molar-refractivity contribution is 7.15. The van der Waals surface area contributed by atoms with E-state index in [2.05, 4.69) is 38.0 Å². The van der Waals surface area contributed by atoms with Gasteiger partial charge >= 0.3 is 0 Å². The van der Waals surface area contributed by atoms with Crippen LogP contribution >= 0.6 is 11.3 Å². The van der Waals surface area contributed by atoms with Crippen LogP contribution in [-0.2, 0) is 17.6 Å². The molecule has 0 radical (unpaired) electrons. The summed E-state index contributed by atoms with van der Waals surface area (Å²) < 4.78 is 5.60. The molecule has 1 atom stereocenters. The van der Waals surface area contributed by atoms with Gasteiger partial charge in [0.05, 0.1) is 5.69 Å². The van der Waals surface area contributed by atoms with Crippen molar-refractivity contribution < 1.29 is 9.53 Å². The van der Waals surface area contributed by atoms with Crippen molar-refractivity contribution >= 4 is 22.4 Å². The Labute approximate surface area is 160 Å². The van der Waals surface area contributed by atoms with Crippen LogP contribution in [-0.4, -0.2) is 17.5 Å². The molecule has 0 aliphatic heterocycles. The van der Waals surface area contributed by atoms with E-state index in [4.69, 9.17) is 4.74 Å². The van der Waals surface area contributed by atoms with Crippen molar-refractivity contribution in [3.8, 4) is 5.75 Å². The normalized spacial score (nSPS) is 16.9. The molecule has 0 spiro atoms. The Hall–Kier alpha value is -1.88. The molecule has 1 aromatic carbocycles. The molecule has 5 heteroatoms. The van der Waals surface area contributed by atoms with Crippen LogP contribution in [0.25, 0.3) is 0 Å². The zero-order chi connectivity index (χ0) is 18.9. The largest absolute Gasteiger partial charge is 0.484 e. The van der Waals surface area contributed by atoms with Crippen LogP contribution in [0.2, 0.25) is 0 Å². The average Bonchev–Trinajstić information content (AvgIpc) is 2.96. The molecule has 2 aromatic rings. The number of hydrogen-bond acceptors (Lipinski definition) is 4. The molecule has 3 rings (SSSR count). The first-order valence-electron chi connectivity index (χ1n) is 9.21. The van der Waals surface area contributed by atoms with Crippen LogP contribution < -0.4 is 10.1 Å². The quantitative estimate of drug-likeness (QED) is 0.828. The van der Waals surface area contributed by atoms with Gasteiger partial charge in [-0.1, -0.05) is 26.8 Å². The van der Waals surface area contributed by atoms with E-state index in [-0.39, 0.29) is 12.5 Å². The minimum absolute atomic E-state index is 0.00262. The van der Waals surface area contributed by atoms with Gasteiger partial charge in [0.2, 0.25) is 0 Å². The lowest BCUT2D eigenvalue weighted by molar-refractivity contribution is -0.118. The molecule has 1 aliphatic carbocycles. The van der Waals surface area contributed by atoms with E-state index >= 15 is 0 Å². The predicted molar refractivity (Wildman–Crippen MR) is 107 cm³/mol. The van der Waals surface area contributed by atoms with E-state index < -0.39 is 0 Å². The Morgan fingerprint density at radius 1 is 1.31 bits per heavy atom. The number of thiazole rings is 1. The highest BCUT2D eigenvalue weighted by Crippen LogP contribution is 2.40. The van der Waals surface area contributed by atoms with Crippen molar-refractivity contribution in [2.24, 2.45) is 11.3 Å². The number of nitrogens with zero attached hydrogens (tertiary/aromatic N) is 1. The smallest absolute Gasteiger partial charge is 0.264 e. The molecule has 1 amide bonds. The first-order valence-corrected chi connectivity index (χ1v) is 10.0. The summed E-state index contributed by atoms with van der Waals surface area (Å²) in [6.07, 6.45) is 3.23. The van der Waals surface area contributed by atoms with Gasteiger partial charge in [0, 0.05) is 4.88 Å². The second-order valence-electron chi connectivity index (χ2n) is 8.28. The topological polar surface area (TPSA) is 51.2 Å². The van der Waals surface area contributed by atoms with Gasteiger partial charge in [0.1, 0.15) is 5.75 Å². The number of carbonyl (C=O) groups is 1. The molecule has 0 saturated heterocycles. The molecule has 4 nitrogen and oxygen atoms in total. The molecule has 1 unspecified atom stereocenters. The number of aromatic nitrogens is 1. The molecule has 1 N–H and O–H groups in total. The maximum absolute atomic E-state index is 12.2. The summed E-state index contributed by atoms with van der Waals surface area (Å²) in [6, 6.07) is 5.85. The van der Waals surface area contributed by atoms with Gasteiger partial charge in [-0.3, -0.25) is 10.1 Å². The third kappa shape index (κ3) is 4.44. The van der Waals surface area contributed by atoms with Crippen molar-refractivity contribution in [2.75, 3.05) is 11.9 Å². The summed E-state index contributed by atoms with van der Waals surface area (Å²) in [5.74, 6) is 1.23. The number of rotatable bonds is 4. The lowest BCUT2D eigenvalue weighted by Crippen LogP contribution is -2.26. The molecule has 1 aromatic heterocycles. The van der Waals surface area contributed by atoms with Gasteiger partial charge < -0.3 is 4.74 Å². The van der Waals surface area contributed by atoms with E-state index in [0.29, 0.717) is 16.5 Å². The third-order valence-electron chi connectivity index (χ3n) is 5.26. The summed E-state index contributed by atoms with van der Waals surface area (Å²) in [5.41, 5.74) is 3.83. The van der Waals surface area contributed by atoms with Crippen LogP contribution in [0, 0.1) is 25.2 Å². The molecule has 26 heavy (non-hydrogen) atoms. The van der Waals surface area contributed by atoms with Crippen LogP contribution in [0.3, 0.4) is 0 Å². The average molecular weight is 373 g/mol. The molecule has 1 heterocycles. The Kier molecular flexibility index (Phi) is 5.37. The molecule has 1 aliphatic rings. The van der Waals surface area contributed by atoms with Crippen molar-refractivity contribution in [3.05, 3.63) is 39.9 Å². The second-order valence-corrected chi connectivity index (χ2v) is 9.36. The molecule has 140 valence electrons. The van der Waals surface area contributed by atoms with Crippen LogP contribution in [0.4, 0.5) is 5.13 Å². The van der Waals surface area contributed by atoms with Gasteiger partial charge in [0.15, 0.2) is 11.7 Å². The third-order valence-corrected chi connectivity index (χ3v) is 6.29. The van der Waals surface area contributed by atoms with Crippen LogP contribution in [0.15, 0.2) is 18.2 Å². The van der Waals surface area contributed by atoms with E-state index in [1.807, 2.05) is 25.1 Å². The maximum atomic E-state index is 12.2. The van der Waals surface area contributed by atoms with Crippen molar-refractivity contribution in [1.29, 1.82) is 0 Å². The lowest BCUT2D eigenvalue weighted by Gasteiger charge is -2.33. The number of anilines is 1. The maximum Gasteiger partial charge on any atom is 0.264 e. The predicted octanol–water partition coefficient (Wildman–Crippen LogP) is 4.93. The first kappa shape index (κ1) is 18.9. The minimum atomic E-state index is -0.165. The molecule has 0 fully saturated rings. The Morgan fingerprint density at radius 2 is 2.08 bits per heavy atom. The van der Waals surface area contributed by atoms with Crippen LogP contribution in [0.5, 0.6) is 5.75 Å². The number of aryl methyl sites for hydroxylation is 3.